The highest BCUT2D eigenvalue weighted by Gasteiger charge is 2.29. The molecule has 1 fully saturated rings. The van der Waals surface area contributed by atoms with Crippen LogP contribution in [0.5, 0.6) is 0 Å². The molecule has 3 rings (SSSR count). The van der Waals surface area contributed by atoms with E-state index in [2.05, 4.69) is 0 Å². The Kier molecular flexibility index (Phi) is 4.80. The van der Waals surface area contributed by atoms with Gasteiger partial charge >= 0.3 is 13.2 Å². The smallest absolute Gasteiger partial charge is 0.445 e. The predicted molar refractivity (Wildman–Crippen MR) is 82.9 cm³/mol. The third-order valence-electron chi connectivity index (χ3n) is 4.26. The maximum atomic E-state index is 12.1. The molecule has 2 aliphatic rings. The molecular weight excluding hydrogens is 281 g/mol. The number of hydrogen-bond donors (Lipinski definition) is 1. The van der Waals surface area contributed by atoms with Crippen LogP contribution in [-0.4, -0.2) is 42.8 Å². The van der Waals surface area contributed by atoms with E-state index in [1.54, 1.807) is 10.9 Å². The number of piperidine rings is 1. The van der Waals surface area contributed by atoms with Gasteiger partial charge in [0, 0.05) is 13.1 Å². The molecule has 0 bridgehead atoms. The summed E-state index contributed by atoms with van der Waals surface area (Å²) in [5.41, 5.74) is 2.15. The van der Waals surface area contributed by atoms with Gasteiger partial charge in [-0.25, -0.2) is 4.79 Å². The number of amides is 1. The van der Waals surface area contributed by atoms with Gasteiger partial charge in [0.15, 0.2) is 0 Å². The van der Waals surface area contributed by atoms with Crippen molar-refractivity contribution in [1.29, 1.82) is 0 Å². The van der Waals surface area contributed by atoms with Crippen LogP contribution in [0.2, 0.25) is 0 Å². The normalized spacial score (nSPS) is 19.2. The minimum Gasteiger partial charge on any atom is -0.445 e. The number of rotatable bonds is 3. The standard InChI is InChI=1S/C16H20BNO4/c19-16(21-11-13-4-2-1-3-5-13)18-8-6-14(7-9-18)15-10-17(20)22-12-15/h1-5,10,14,20H,6-9,11-12H2. The van der Waals surface area contributed by atoms with Crippen molar-refractivity contribution >= 4 is 13.2 Å². The second-order valence-corrected chi connectivity index (χ2v) is 5.74. The molecule has 0 atom stereocenters. The van der Waals surface area contributed by atoms with Crippen molar-refractivity contribution in [2.75, 3.05) is 19.7 Å². The Morgan fingerprint density at radius 2 is 2.05 bits per heavy atom. The van der Waals surface area contributed by atoms with Gasteiger partial charge in [0.05, 0.1) is 6.61 Å². The highest BCUT2D eigenvalue weighted by molar-refractivity contribution is 6.50. The summed E-state index contributed by atoms with van der Waals surface area (Å²) in [4.78, 5) is 13.8. The van der Waals surface area contributed by atoms with Crippen molar-refractivity contribution in [2.45, 2.75) is 19.4 Å². The summed E-state index contributed by atoms with van der Waals surface area (Å²) in [7, 11) is -0.760. The molecule has 0 unspecified atom stereocenters. The molecule has 1 saturated heterocycles. The number of hydrogen-bond acceptors (Lipinski definition) is 4. The quantitative estimate of drug-likeness (QED) is 0.868. The molecule has 0 radical (unpaired) electrons. The third-order valence-corrected chi connectivity index (χ3v) is 4.26. The Hall–Kier alpha value is -1.79. The lowest BCUT2D eigenvalue weighted by Crippen LogP contribution is -2.39. The highest BCUT2D eigenvalue weighted by atomic mass is 16.6. The zero-order chi connectivity index (χ0) is 15.4. The maximum absolute atomic E-state index is 12.1. The van der Waals surface area contributed by atoms with E-state index in [1.807, 2.05) is 30.3 Å². The Bertz CT molecular complexity index is 540. The molecule has 0 spiro atoms. The fourth-order valence-corrected chi connectivity index (χ4v) is 2.96. The van der Waals surface area contributed by atoms with Crippen molar-refractivity contribution in [3.05, 3.63) is 47.4 Å². The van der Waals surface area contributed by atoms with Crippen LogP contribution in [0.4, 0.5) is 4.79 Å². The molecule has 1 N–H and O–H groups in total. The molecular formula is C16H20BNO4. The van der Waals surface area contributed by atoms with Crippen molar-refractivity contribution in [2.24, 2.45) is 5.92 Å². The summed E-state index contributed by atoms with van der Waals surface area (Å²) in [6, 6.07) is 9.68. The third kappa shape index (κ3) is 3.70. The minimum atomic E-state index is -0.760. The average molecular weight is 301 g/mol. The Balaban J connectivity index is 1.45. The van der Waals surface area contributed by atoms with Gasteiger partial charge in [0.25, 0.3) is 0 Å². The van der Waals surface area contributed by atoms with E-state index in [0.717, 1.165) is 24.0 Å². The lowest BCUT2D eigenvalue weighted by molar-refractivity contribution is 0.0843. The van der Waals surface area contributed by atoms with Crippen LogP contribution in [0.3, 0.4) is 0 Å². The van der Waals surface area contributed by atoms with E-state index >= 15 is 0 Å². The van der Waals surface area contributed by atoms with E-state index in [4.69, 9.17) is 9.39 Å². The van der Waals surface area contributed by atoms with Crippen LogP contribution in [0.1, 0.15) is 18.4 Å². The molecule has 2 heterocycles. The highest BCUT2D eigenvalue weighted by Crippen LogP contribution is 2.27. The molecule has 1 aromatic carbocycles. The van der Waals surface area contributed by atoms with E-state index in [0.29, 0.717) is 32.2 Å². The summed E-state index contributed by atoms with van der Waals surface area (Å²) < 4.78 is 10.5. The van der Waals surface area contributed by atoms with Crippen LogP contribution in [0.25, 0.3) is 0 Å². The zero-order valence-corrected chi connectivity index (χ0v) is 12.5. The molecule has 2 aliphatic heterocycles. The van der Waals surface area contributed by atoms with E-state index < -0.39 is 7.12 Å². The van der Waals surface area contributed by atoms with Gasteiger partial charge in [-0.2, -0.15) is 0 Å². The van der Waals surface area contributed by atoms with Crippen LogP contribution in [-0.2, 0) is 16.0 Å². The first kappa shape index (κ1) is 15.1. The van der Waals surface area contributed by atoms with Gasteiger partial charge in [0.1, 0.15) is 6.61 Å². The monoisotopic (exact) mass is 301 g/mol. The number of nitrogens with zero attached hydrogens (tertiary/aromatic N) is 1. The van der Waals surface area contributed by atoms with Gasteiger partial charge in [-0.3, -0.25) is 0 Å². The first-order valence-electron chi connectivity index (χ1n) is 7.68. The second kappa shape index (κ2) is 6.98. The SMILES string of the molecule is O=C(OCc1ccccc1)N1CCC(C2=CB(O)OC2)CC1. The van der Waals surface area contributed by atoms with Crippen molar-refractivity contribution in [3.63, 3.8) is 0 Å². The van der Waals surface area contributed by atoms with Crippen LogP contribution < -0.4 is 0 Å². The van der Waals surface area contributed by atoms with Gasteiger partial charge in [-0.05, 0) is 24.3 Å². The molecule has 22 heavy (non-hydrogen) atoms. The van der Waals surface area contributed by atoms with Gasteiger partial charge in [-0.15, -0.1) is 0 Å². The van der Waals surface area contributed by atoms with Gasteiger partial charge < -0.3 is 19.3 Å². The first-order chi connectivity index (χ1) is 10.7. The average Bonchev–Trinajstić information content (AvgIpc) is 3.00. The topological polar surface area (TPSA) is 59.0 Å². The first-order valence-corrected chi connectivity index (χ1v) is 7.68. The largest absolute Gasteiger partial charge is 0.483 e. The van der Waals surface area contributed by atoms with E-state index in [-0.39, 0.29) is 6.09 Å². The number of carbonyl (C=O) groups excluding carboxylic acids is 1. The molecule has 6 heteroatoms. The summed E-state index contributed by atoms with van der Waals surface area (Å²) in [6.07, 6.45) is 1.53. The van der Waals surface area contributed by atoms with Crippen LogP contribution >= 0.6 is 0 Å². The Labute approximate surface area is 130 Å². The lowest BCUT2D eigenvalue weighted by Gasteiger charge is -2.31. The molecule has 1 aromatic rings. The van der Waals surface area contributed by atoms with Gasteiger partial charge in [0.2, 0.25) is 0 Å². The number of likely N-dealkylation sites (tertiary alicyclic amines) is 1. The zero-order valence-electron chi connectivity index (χ0n) is 12.5. The fourth-order valence-electron chi connectivity index (χ4n) is 2.96. The summed E-state index contributed by atoms with van der Waals surface area (Å²) in [6.45, 7) is 2.19. The van der Waals surface area contributed by atoms with E-state index in [9.17, 15) is 9.82 Å². The number of ether oxygens (including phenoxy) is 1. The summed E-state index contributed by atoms with van der Waals surface area (Å²) >= 11 is 0. The summed E-state index contributed by atoms with van der Waals surface area (Å²) in [5.74, 6) is 2.18. The molecule has 116 valence electrons. The number of benzene rings is 1. The van der Waals surface area contributed by atoms with Crippen molar-refractivity contribution < 1.29 is 19.2 Å². The van der Waals surface area contributed by atoms with Crippen LogP contribution in [0.15, 0.2) is 41.9 Å². The van der Waals surface area contributed by atoms with Gasteiger partial charge in [-0.1, -0.05) is 41.9 Å². The van der Waals surface area contributed by atoms with E-state index in [1.165, 1.54) is 0 Å². The second-order valence-electron chi connectivity index (χ2n) is 5.74. The van der Waals surface area contributed by atoms with Crippen LogP contribution in [0, 0.1) is 5.92 Å². The molecule has 0 aromatic heterocycles. The molecule has 5 nitrogen and oxygen atoms in total. The fraction of sp³-hybridized carbons (Fsp3) is 0.438. The summed E-state index contributed by atoms with van der Waals surface area (Å²) in [5, 5.41) is 9.37. The lowest BCUT2D eigenvalue weighted by atomic mass is 9.84. The predicted octanol–water partition coefficient (Wildman–Crippen LogP) is 2.01. The molecule has 1 amide bonds. The maximum Gasteiger partial charge on any atom is 0.483 e. The minimum absolute atomic E-state index is 0.251. The van der Waals surface area contributed by atoms with Crippen molar-refractivity contribution in [3.8, 4) is 0 Å². The Morgan fingerprint density at radius 1 is 1.32 bits per heavy atom. The molecule has 0 aliphatic carbocycles. The molecule has 0 saturated carbocycles. The number of carbonyl (C=O) groups is 1. The Morgan fingerprint density at radius 3 is 2.68 bits per heavy atom. The van der Waals surface area contributed by atoms with Crippen molar-refractivity contribution in [1.82, 2.24) is 4.90 Å².